The second-order valence-corrected chi connectivity index (χ2v) is 8.92. The molecule has 0 atom stereocenters. The predicted molar refractivity (Wildman–Crippen MR) is 128 cm³/mol. The third kappa shape index (κ3) is 3.59. The van der Waals surface area contributed by atoms with E-state index in [0.717, 1.165) is 58.3 Å². The zero-order valence-corrected chi connectivity index (χ0v) is 17.9. The van der Waals surface area contributed by atoms with Crippen LogP contribution >= 0.6 is 0 Å². The third-order valence-electron chi connectivity index (χ3n) is 6.70. The van der Waals surface area contributed by atoms with Gasteiger partial charge in [0.15, 0.2) is 0 Å². The van der Waals surface area contributed by atoms with E-state index in [1.807, 2.05) is 12.4 Å². The van der Waals surface area contributed by atoms with E-state index in [-0.39, 0.29) is 0 Å². The van der Waals surface area contributed by atoms with Gasteiger partial charge in [-0.15, -0.1) is 0 Å². The maximum atomic E-state index is 6.03. The van der Waals surface area contributed by atoms with Gasteiger partial charge in [-0.1, -0.05) is 12.1 Å². The lowest BCUT2D eigenvalue weighted by molar-refractivity contribution is 0.342. The molecule has 1 aliphatic rings. The van der Waals surface area contributed by atoms with Gasteiger partial charge in [0, 0.05) is 46.7 Å². The number of nitrogens with one attached hydrogen (secondary N) is 4. The Bertz CT molecular complexity index is 1350. The molecule has 3 heterocycles. The fraction of sp³-hybridized carbons (Fsp3) is 0.280. The smallest absolute Gasteiger partial charge is 0.116 e. The Morgan fingerprint density at radius 1 is 0.969 bits per heavy atom. The highest BCUT2D eigenvalue weighted by molar-refractivity contribution is 5.97. The van der Waals surface area contributed by atoms with E-state index < -0.39 is 0 Å². The van der Waals surface area contributed by atoms with Crippen LogP contribution in [0.2, 0.25) is 0 Å². The number of rotatable bonds is 5. The van der Waals surface area contributed by atoms with Crippen LogP contribution in [0.25, 0.3) is 44.3 Å². The first-order valence-corrected chi connectivity index (χ1v) is 11.3. The highest BCUT2D eigenvalue weighted by Gasteiger charge is 2.18. The second-order valence-electron chi connectivity index (χ2n) is 8.92. The summed E-state index contributed by atoms with van der Waals surface area (Å²) in [4.78, 5) is 3.55. The van der Waals surface area contributed by atoms with Crippen molar-refractivity contribution < 1.29 is 0 Å². The van der Waals surface area contributed by atoms with Crippen LogP contribution in [0.4, 0.5) is 0 Å². The molecule has 5 aromatic rings. The molecule has 0 bridgehead atoms. The summed E-state index contributed by atoms with van der Waals surface area (Å²) in [5.41, 5.74) is 13.6. The first-order chi connectivity index (χ1) is 15.7. The van der Waals surface area contributed by atoms with Gasteiger partial charge in [0.05, 0.1) is 17.4 Å². The maximum absolute atomic E-state index is 6.03. The summed E-state index contributed by atoms with van der Waals surface area (Å²) >= 11 is 0. The highest BCUT2D eigenvalue weighted by Crippen LogP contribution is 2.32. The minimum atomic E-state index is 0.386. The van der Waals surface area contributed by atoms with Crippen molar-refractivity contribution in [3.05, 3.63) is 60.4 Å². The lowest BCUT2D eigenvalue weighted by Crippen LogP contribution is -2.36. The highest BCUT2D eigenvalue weighted by atomic mass is 15.1. The molecular formula is C25H27N7. The molecule has 0 aliphatic heterocycles. The van der Waals surface area contributed by atoms with Gasteiger partial charge in [0.25, 0.3) is 0 Å². The molecule has 1 saturated carbocycles. The Morgan fingerprint density at radius 3 is 2.69 bits per heavy atom. The van der Waals surface area contributed by atoms with Crippen molar-refractivity contribution in [3.63, 3.8) is 0 Å². The molecule has 0 radical (unpaired) electrons. The first-order valence-electron chi connectivity index (χ1n) is 11.3. The number of fused-ring (bicyclic) bond motifs is 2. The summed E-state index contributed by atoms with van der Waals surface area (Å²) in [6, 6.07) is 16.1. The predicted octanol–water partition coefficient (Wildman–Crippen LogP) is 4.46. The molecule has 6 rings (SSSR count). The van der Waals surface area contributed by atoms with Gasteiger partial charge < -0.3 is 16.0 Å². The van der Waals surface area contributed by atoms with Crippen molar-refractivity contribution in [3.8, 4) is 22.5 Å². The van der Waals surface area contributed by atoms with Crippen molar-refractivity contribution >= 4 is 21.8 Å². The van der Waals surface area contributed by atoms with Crippen LogP contribution in [-0.4, -0.2) is 37.5 Å². The number of hydrogen-bond acceptors (Lipinski definition) is 4. The third-order valence-corrected chi connectivity index (χ3v) is 6.70. The van der Waals surface area contributed by atoms with Gasteiger partial charge in [-0.25, -0.2) is 0 Å². The van der Waals surface area contributed by atoms with E-state index >= 15 is 0 Å². The Hall–Kier alpha value is -3.42. The molecule has 0 saturated heterocycles. The first kappa shape index (κ1) is 19.3. The molecule has 7 heteroatoms. The molecule has 2 aromatic carbocycles. The van der Waals surface area contributed by atoms with Crippen molar-refractivity contribution in [2.45, 2.75) is 44.3 Å². The standard InChI is InChI=1S/C25H27N7/c26-19-3-5-20(6-4-19)27-12-15-1-7-22-17(9-15)11-24(30-22)25-21-10-16(18-13-28-29-14-18)2-8-23(21)31-32-25/h1-2,7-11,13-14,19-20,27,30H,3-6,12,26H2,(H,28,29)(H,31,32). The number of nitrogens with two attached hydrogens (primary N) is 1. The molecule has 32 heavy (non-hydrogen) atoms. The number of benzene rings is 2. The van der Waals surface area contributed by atoms with Crippen molar-refractivity contribution in [2.24, 2.45) is 5.73 Å². The molecule has 3 aromatic heterocycles. The summed E-state index contributed by atoms with van der Waals surface area (Å²) in [5, 5.41) is 20.7. The Kier molecular flexibility index (Phi) is 4.78. The lowest BCUT2D eigenvalue weighted by Gasteiger charge is -2.27. The molecule has 7 nitrogen and oxygen atoms in total. The number of H-pyrrole nitrogens is 3. The summed E-state index contributed by atoms with van der Waals surface area (Å²) in [6.07, 6.45) is 8.33. The molecule has 6 N–H and O–H groups in total. The van der Waals surface area contributed by atoms with Gasteiger partial charge in [-0.3, -0.25) is 10.2 Å². The number of aromatic amines is 3. The van der Waals surface area contributed by atoms with Crippen LogP contribution in [0.5, 0.6) is 0 Å². The monoisotopic (exact) mass is 425 g/mol. The van der Waals surface area contributed by atoms with E-state index in [0.29, 0.717) is 12.1 Å². The molecule has 0 unspecified atom stereocenters. The largest absolute Gasteiger partial charge is 0.353 e. The fourth-order valence-electron chi connectivity index (χ4n) is 4.81. The molecule has 0 spiro atoms. The summed E-state index contributed by atoms with van der Waals surface area (Å²) in [6.45, 7) is 0.885. The van der Waals surface area contributed by atoms with Crippen molar-refractivity contribution in [2.75, 3.05) is 0 Å². The van der Waals surface area contributed by atoms with Gasteiger partial charge >= 0.3 is 0 Å². The summed E-state index contributed by atoms with van der Waals surface area (Å²) < 4.78 is 0. The second kappa shape index (κ2) is 7.93. The number of aromatic nitrogens is 5. The molecule has 0 amide bonds. The van der Waals surface area contributed by atoms with Gasteiger partial charge in [-0.05, 0) is 67.1 Å². The zero-order chi connectivity index (χ0) is 21.5. The van der Waals surface area contributed by atoms with Crippen LogP contribution in [0.15, 0.2) is 54.9 Å². The van der Waals surface area contributed by atoms with Gasteiger partial charge in [0.2, 0.25) is 0 Å². The molecule has 1 fully saturated rings. The fourth-order valence-corrected chi connectivity index (χ4v) is 4.81. The van der Waals surface area contributed by atoms with E-state index in [1.165, 1.54) is 23.8 Å². The van der Waals surface area contributed by atoms with Crippen LogP contribution < -0.4 is 11.1 Å². The zero-order valence-electron chi connectivity index (χ0n) is 17.9. The van der Waals surface area contributed by atoms with Crippen molar-refractivity contribution in [1.82, 2.24) is 30.7 Å². The summed E-state index contributed by atoms with van der Waals surface area (Å²) in [7, 11) is 0. The SMILES string of the molecule is NC1CCC(NCc2ccc3[nH]c(-c4n[nH]c5ccc(-c6cn[nH]c6)cc45)cc3c2)CC1. The van der Waals surface area contributed by atoms with Crippen LogP contribution in [-0.2, 0) is 6.54 Å². The molecular weight excluding hydrogens is 398 g/mol. The van der Waals surface area contributed by atoms with Crippen molar-refractivity contribution in [1.29, 1.82) is 0 Å². The Labute approximate surface area is 185 Å². The average molecular weight is 426 g/mol. The minimum Gasteiger partial charge on any atom is -0.353 e. The van der Waals surface area contributed by atoms with Crippen LogP contribution in [0.1, 0.15) is 31.2 Å². The topological polar surface area (TPSA) is 111 Å². The molecule has 1 aliphatic carbocycles. The lowest BCUT2D eigenvalue weighted by atomic mass is 9.92. The van der Waals surface area contributed by atoms with Crippen LogP contribution in [0, 0.1) is 0 Å². The van der Waals surface area contributed by atoms with Gasteiger partial charge in [-0.2, -0.15) is 10.2 Å². The number of nitrogens with zero attached hydrogens (tertiary/aromatic N) is 2. The average Bonchev–Trinajstić information content (AvgIpc) is 3.57. The van der Waals surface area contributed by atoms with Gasteiger partial charge in [0.1, 0.15) is 5.69 Å². The van der Waals surface area contributed by atoms with Crippen LogP contribution in [0.3, 0.4) is 0 Å². The van der Waals surface area contributed by atoms with E-state index in [2.05, 4.69) is 73.2 Å². The molecule has 162 valence electrons. The number of hydrogen-bond donors (Lipinski definition) is 5. The Balaban J connectivity index is 1.27. The Morgan fingerprint density at radius 2 is 1.84 bits per heavy atom. The minimum absolute atomic E-state index is 0.386. The van der Waals surface area contributed by atoms with E-state index in [1.54, 1.807) is 0 Å². The maximum Gasteiger partial charge on any atom is 0.116 e. The van der Waals surface area contributed by atoms with E-state index in [9.17, 15) is 0 Å². The summed E-state index contributed by atoms with van der Waals surface area (Å²) in [5.74, 6) is 0. The normalized spacial score (nSPS) is 19.2. The van der Waals surface area contributed by atoms with E-state index in [4.69, 9.17) is 5.73 Å². The quantitative estimate of drug-likeness (QED) is 0.286.